The van der Waals surface area contributed by atoms with Gasteiger partial charge in [-0.3, -0.25) is 0 Å². The summed E-state index contributed by atoms with van der Waals surface area (Å²) in [6, 6.07) is 0.646. The molecule has 17 heavy (non-hydrogen) atoms. The zero-order valence-electron chi connectivity index (χ0n) is 7.95. The number of alkyl halides is 4. The van der Waals surface area contributed by atoms with E-state index in [1.165, 1.54) is 0 Å². The van der Waals surface area contributed by atoms with Crippen LogP contribution in [-0.4, -0.2) is 27.5 Å². The van der Waals surface area contributed by atoms with E-state index in [1.54, 1.807) is 0 Å². The average molecular weight is 316 g/mol. The molecule has 0 saturated heterocycles. The van der Waals surface area contributed by atoms with E-state index in [9.17, 15) is 18.0 Å². The molecule has 0 fully saturated rings. The minimum absolute atomic E-state index is 0.0941. The minimum Gasteiger partial charge on any atom is -0.503 e. The third-order valence-corrected chi connectivity index (χ3v) is 2.15. The number of nitrogens with zero attached hydrogens (tertiary/aromatic N) is 1. The predicted molar refractivity (Wildman–Crippen MR) is 52.2 cm³/mol. The first-order chi connectivity index (χ1) is 7.74. The summed E-state index contributed by atoms with van der Waals surface area (Å²) < 4.78 is 39.2. The molecule has 0 aliphatic rings. The highest BCUT2D eigenvalue weighted by Gasteiger charge is 2.33. The van der Waals surface area contributed by atoms with Crippen molar-refractivity contribution in [2.75, 3.05) is 0 Å². The van der Waals surface area contributed by atoms with Gasteiger partial charge in [-0.25, -0.2) is 9.78 Å². The van der Waals surface area contributed by atoms with Crippen molar-refractivity contribution in [2.45, 2.75) is 11.7 Å². The van der Waals surface area contributed by atoms with Gasteiger partial charge in [0.2, 0.25) is 0 Å². The fraction of sp³-hybridized carbons (Fsp3) is 0.250. The van der Waals surface area contributed by atoms with Gasteiger partial charge in [-0.2, -0.15) is 0 Å². The van der Waals surface area contributed by atoms with E-state index in [2.05, 4.69) is 25.7 Å². The van der Waals surface area contributed by atoms with E-state index in [4.69, 9.17) is 10.2 Å². The van der Waals surface area contributed by atoms with E-state index in [0.717, 1.165) is 0 Å². The van der Waals surface area contributed by atoms with Gasteiger partial charge in [0.05, 0.1) is 11.3 Å². The summed E-state index contributed by atoms with van der Waals surface area (Å²) in [6.45, 7) is 0. The molecule has 1 heterocycles. The number of carboxylic acid groups (broad SMARTS) is 1. The Balaban J connectivity index is 3.23. The SMILES string of the molecule is O=C(O)c1cc(O)c(OC(F)(F)F)nc1CBr. The smallest absolute Gasteiger partial charge is 0.503 e. The van der Waals surface area contributed by atoms with Crippen molar-refractivity contribution in [1.82, 2.24) is 4.98 Å². The number of ether oxygens (including phenoxy) is 1. The third kappa shape index (κ3) is 3.48. The van der Waals surface area contributed by atoms with Crippen LogP contribution in [0.4, 0.5) is 13.2 Å². The van der Waals surface area contributed by atoms with E-state index >= 15 is 0 Å². The number of hydrogen-bond acceptors (Lipinski definition) is 4. The van der Waals surface area contributed by atoms with Gasteiger partial charge in [0, 0.05) is 11.4 Å². The molecule has 0 aliphatic carbocycles. The van der Waals surface area contributed by atoms with E-state index in [1.807, 2.05) is 0 Å². The average Bonchev–Trinajstić information content (AvgIpc) is 2.18. The van der Waals surface area contributed by atoms with Crippen molar-refractivity contribution < 1.29 is 32.9 Å². The number of aromatic nitrogens is 1. The lowest BCUT2D eigenvalue weighted by molar-refractivity contribution is -0.276. The van der Waals surface area contributed by atoms with Crippen molar-refractivity contribution >= 4 is 21.9 Å². The Kier molecular flexibility index (Phi) is 3.81. The molecule has 94 valence electrons. The van der Waals surface area contributed by atoms with Crippen LogP contribution in [0, 0.1) is 0 Å². The number of halogens is 4. The van der Waals surface area contributed by atoms with Crippen molar-refractivity contribution in [3.63, 3.8) is 0 Å². The molecule has 0 spiro atoms. The Hall–Kier alpha value is -1.51. The minimum atomic E-state index is -5.02. The maximum Gasteiger partial charge on any atom is 0.574 e. The van der Waals surface area contributed by atoms with Gasteiger partial charge in [-0.05, 0) is 0 Å². The molecule has 0 aliphatic heterocycles. The summed E-state index contributed by atoms with van der Waals surface area (Å²) in [7, 11) is 0. The van der Waals surface area contributed by atoms with Gasteiger partial charge in [0.25, 0.3) is 5.88 Å². The van der Waals surface area contributed by atoms with Crippen LogP contribution in [0.15, 0.2) is 6.07 Å². The van der Waals surface area contributed by atoms with Crippen LogP contribution in [-0.2, 0) is 5.33 Å². The molecule has 0 atom stereocenters. The Bertz CT molecular complexity index is 449. The lowest BCUT2D eigenvalue weighted by Crippen LogP contribution is -2.19. The van der Waals surface area contributed by atoms with Crippen LogP contribution in [0.25, 0.3) is 0 Å². The normalized spacial score (nSPS) is 11.3. The molecule has 0 unspecified atom stereocenters. The van der Waals surface area contributed by atoms with E-state index in [0.29, 0.717) is 6.07 Å². The van der Waals surface area contributed by atoms with Crippen LogP contribution in [0.2, 0.25) is 0 Å². The quantitative estimate of drug-likeness (QED) is 0.836. The molecule has 1 aromatic rings. The van der Waals surface area contributed by atoms with Gasteiger partial charge < -0.3 is 14.9 Å². The Morgan fingerprint density at radius 2 is 2.12 bits per heavy atom. The van der Waals surface area contributed by atoms with E-state index in [-0.39, 0.29) is 11.0 Å². The monoisotopic (exact) mass is 315 g/mol. The molecule has 0 aromatic carbocycles. The van der Waals surface area contributed by atoms with Crippen LogP contribution >= 0.6 is 15.9 Å². The first-order valence-electron chi connectivity index (χ1n) is 4.02. The molecule has 5 nitrogen and oxygen atoms in total. The van der Waals surface area contributed by atoms with Crippen LogP contribution in [0.1, 0.15) is 16.1 Å². The van der Waals surface area contributed by atoms with Gasteiger partial charge in [0.1, 0.15) is 0 Å². The van der Waals surface area contributed by atoms with Gasteiger partial charge in [0.15, 0.2) is 5.75 Å². The van der Waals surface area contributed by atoms with Crippen LogP contribution < -0.4 is 4.74 Å². The maximum atomic E-state index is 11.9. The Morgan fingerprint density at radius 3 is 2.53 bits per heavy atom. The molecule has 9 heteroatoms. The van der Waals surface area contributed by atoms with Crippen molar-refractivity contribution in [2.24, 2.45) is 0 Å². The first-order valence-corrected chi connectivity index (χ1v) is 5.14. The number of pyridine rings is 1. The Morgan fingerprint density at radius 1 is 1.53 bits per heavy atom. The summed E-state index contributed by atoms with van der Waals surface area (Å²) in [5, 5.41) is 17.8. The molecule has 1 rings (SSSR count). The lowest BCUT2D eigenvalue weighted by Gasteiger charge is -2.11. The second-order valence-electron chi connectivity index (χ2n) is 2.79. The number of rotatable bonds is 3. The molecule has 0 bridgehead atoms. The molecule has 0 saturated carbocycles. The largest absolute Gasteiger partial charge is 0.574 e. The fourth-order valence-corrected chi connectivity index (χ4v) is 1.42. The standard InChI is InChI=1S/C8H5BrF3NO4/c9-2-4-3(7(15)16)1-5(14)6(13-4)17-8(10,11)12/h1,14H,2H2,(H,15,16). The second-order valence-corrected chi connectivity index (χ2v) is 3.35. The lowest BCUT2D eigenvalue weighted by atomic mass is 10.2. The third-order valence-electron chi connectivity index (χ3n) is 1.62. The van der Waals surface area contributed by atoms with Crippen LogP contribution in [0.5, 0.6) is 11.6 Å². The first kappa shape index (κ1) is 13.6. The molecular weight excluding hydrogens is 311 g/mol. The van der Waals surface area contributed by atoms with Gasteiger partial charge in [-0.15, -0.1) is 13.2 Å². The zero-order valence-corrected chi connectivity index (χ0v) is 9.54. The number of carboxylic acids is 1. The summed E-state index contributed by atoms with van der Waals surface area (Å²) in [5.41, 5.74) is -0.594. The summed E-state index contributed by atoms with van der Waals surface area (Å²) in [6.07, 6.45) is -5.02. The number of aromatic hydroxyl groups is 1. The van der Waals surface area contributed by atoms with Gasteiger partial charge in [-0.1, -0.05) is 15.9 Å². The molecular formula is C8H5BrF3NO4. The highest BCUT2D eigenvalue weighted by Crippen LogP contribution is 2.31. The van der Waals surface area contributed by atoms with E-state index < -0.39 is 29.5 Å². The van der Waals surface area contributed by atoms with Crippen molar-refractivity contribution in [1.29, 1.82) is 0 Å². The maximum absolute atomic E-state index is 11.9. The van der Waals surface area contributed by atoms with Crippen LogP contribution in [0.3, 0.4) is 0 Å². The predicted octanol–water partition coefficient (Wildman–Crippen LogP) is 2.28. The molecule has 2 N–H and O–H groups in total. The topological polar surface area (TPSA) is 79.7 Å². The van der Waals surface area contributed by atoms with Crippen molar-refractivity contribution in [3.05, 3.63) is 17.3 Å². The fourth-order valence-electron chi connectivity index (χ4n) is 0.994. The Labute approximate surface area is 101 Å². The number of carbonyl (C=O) groups is 1. The summed E-state index contributed by atoms with van der Waals surface area (Å²) in [5.74, 6) is -3.50. The molecule has 0 radical (unpaired) electrons. The molecule has 1 aromatic heterocycles. The number of aromatic carboxylic acids is 1. The second kappa shape index (κ2) is 4.78. The highest BCUT2D eigenvalue weighted by atomic mass is 79.9. The highest BCUT2D eigenvalue weighted by molar-refractivity contribution is 9.08. The summed E-state index contributed by atoms with van der Waals surface area (Å²) in [4.78, 5) is 14.0. The molecule has 0 amide bonds. The summed E-state index contributed by atoms with van der Waals surface area (Å²) >= 11 is 2.87. The zero-order chi connectivity index (χ0) is 13.2. The van der Waals surface area contributed by atoms with Gasteiger partial charge >= 0.3 is 12.3 Å². The number of hydrogen-bond donors (Lipinski definition) is 2. The van der Waals surface area contributed by atoms with Crippen molar-refractivity contribution in [3.8, 4) is 11.6 Å².